The van der Waals surface area contributed by atoms with Gasteiger partial charge < -0.3 is 20.1 Å². The Balaban J connectivity index is 1.32. The number of fused-ring (bicyclic) bond motifs is 1. The van der Waals surface area contributed by atoms with Crippen LogP contribution in [0.1, 0.15) is 59.7 Å². The molecule has 2 aliphatic rings. The van der Waals surface area contributed by atoms with E-state index in [1.807, 2.05) is 38.1 Å². The van der Waals surface area contributed by atoms with Crippen LogP contribution in [0, 0.1) is 19.3 Å². The number of ether oxygens (including phenoxy) is 2. The third-order valence-electron chi connectivity index (χ3n) is 7.79. The Hall–Kier alpha value is -3.45. The van der Waals surface area contributed by atoms with Gasteiger partial charge in [0.1, 0.15) is 23.7 Å². The van der Waals surface area contributed by atoms with Gasteiger partial charge in [0.25, 0.3) is 0 Å². The zero-order valence-electron chi connectivity index (χ0n) is 21.4. The summed E-state index contributed by atoms with van der Waals surface area (Å²) in [5, 5.41) is 17.0. The van der Waals surface area contributed by atoms with Gasteiger partial charge in [-0.2, -0.15) is 10.2 Å². The van der Waals surface area contributed by atoms with Gasteiger partial charge in [0.15, 0.2) is 0 Å². The lowest BCUT2D eigenvalue weighted by molar-refractivity contribution is -0.0132. The topological polar surface area (TPSA) is 97.4 Å². The van der Waals surface area contributed by atoms with Gasteiger partial charge >= 0.3 is 0 Å². The molecule has 2 aliphatic heterocycles. The average molecular weight is 486 g/mol. The summed E-state index contributed by atoms with van der Waals surface area (Å²) in [5.41, 5.74) is 12.8. The van der Waals surface area contributed by atoms with E-state index in [1.54, 1.807) is 12.3 Å². The van der Waals surface area contributed by atoms with Crippen LogP contribution in [0.15, 0.2) is 42.6 Å². The summed E-state index contributed by atoms with van der Waals surface area (Å²) in [6, 6.07) is 11.6. The van der Waals surface area contributed by atoms with E-state index in [-0.39, 0.29) is 5.60 Å². The first-order chi connectivity index (χ1) is 17.4. The van der Waals surface area contributed by atoms with Gasteiger partial charge in [0.2, 0.25) is 0 Å². The monoisotopic (exact) mass is 485 g/mol. The molecule has 0 bridgehead atoms. The van der Waals surface area contributed by atoms with Gasteiger partial charge in [0, 0.05) is 35.5 Å². The van der Waals surface area contributed by atoms with Crippen LogP contribution in [0.3, 0.4) is 0 Å². The zero-order chi connectivity index (χ0) is 25.3. The normalized spacial score (nSPS) is 16.9. The Bertz CT molecular complexity index is 1260. The minimum Gasteiger partial charge on any atom is -0.489 e. The van der Waals surface area contributed by atoms with Crippen LogP contribution in [0.2, 0.25) is 0 Å². The van der Waals surface area contributed by atoms with Gasteiger partial charge in [-0.25, -0.2) is 0 Å². The molecule has 0 saturated carbocycles. The standard InChI is InChI=1S/C29H35N5O2/c1-4-34-13-11-29(12-14-34)10-9-21-15-22(5-8-27(21)36-29)28(31)24-16-23(6-7-26(24)30)35-18-25-19(2)17-32-33-20(25)3/h5-8,15-17,31H,4,9-14,18,30H2,1-3H3. The van der Waals surface area contributed by atoms with Crippen molar-refractivity contribution in [2.24, 2.45) is 0 Å². The van der Waals surface area contributed by atoms with Crippen molar-refractivity contribution in [2.75, 3.05) is 25.4 Å². The van der Waals surface area contributed by atoms with Crippen molar-refractivity contribution < 1.29 is 9.47 Å². The summed E-state index contributed by atoms with van der Waals surface area (Å²) < 4.78 is 12.6. The second-order valence-electron chi connectivity index (χ2n) is 10.0. The Labute approximate surface area is 213 Å². The number of anilines is 1. The molecule has 2 aromatic carbocycles. The highest BCUT2D eigenvalue weighted by Crippen LogP contribution is 2.40. The Morgan fingerprint density at radius 3 is 2.69 bits per heavy atom. The number of nitrogens with one attached hydrogen (secondary N) is 1. The molecule has 188 valence electrons. The maximum Gasteiger partial charge on any atom is 0.123 e. The second kappa shape index (κ2) is 9.90. The van der Waals surface area contributed by atoms with Crippen molar-refractivity contribution in [1.29, 1.82) is 5.41 Å². The van der Waals surface area contributed by atoms with Gasteiger partial charge in [-0.15, -0.1) is 0 Å². The number of nitrogens with zero attached hydrogens (tertiary/aromatic N) is 3. The number of likely N-dealkylation sites (tertiary alicyclic amines) is 1. The van der Waals surface area contributed by atoms with Crippen LogP contribution < -0.4 is 15.2 Å². The van der Waals surface area contributed by atoms with Crippen molar-refractivity contribution in [3.63, 3.8) is 0 Å². The molecule has 7 heteroatoms. The number of aryl methyl sites for hydroxylation is 3. The molecule has 36 heavy (non-hydrogen) atoms. The number of hydrogen-bond acceptors (Lipinski definition) is 7. The molecule has 3 aromatic rings. The molecule has 1 spiro atoms. The molecule has 1 saturated heterocycles. The van der Waals surface area contributed by atoms with E-state index in [9.17, 15) is 0 Å². The van der Waals surface area contributed by atoms with Crippen molar-refractivity contribution in [2.45, 2.75) is 58.7 Å². The fraction of sp³-hybridized carbons (Fsp3) is 0.414. The molecule has 0 aliphatic carbocycles. The molecule has 0 atom stereocenters. The van der Waals surface area contributed by atoms with E-state index < -0.39 is 0 Å². The first kappa shape index (κ1) is 24.3. The molecule has 3 N–H and O–H groups in total. The number of nitrogen functional groups attached to an aromatic ring is 1. The first-order valence-electron chi connectivity index (χ1n) is 12.8. The summed E-state index contributed by atoms with van der Waals surface area (Å²) in [6.45, 7) is 9.84. The number of rotatable bonds is 6. The minimum atomic E-state index is -0.0369. The summed E-state index contributed by atoms with van der Waals surface area (Å²) in [6.07, 6.45) is 5.90. The summed E-state index contributed by atoms with van der Waals surface area (Å²) in [5.74, 6) is 1.63. The molecule has 5 rings (SSSR count). The van der Waals surface area contributed by atoms with E-state index >= 15 is 0 Å². The fourth-order valence-corrected chi connectivity index (χ4v) is 5.30. The largest absolute Gasteiger partial charge is 0.489 e. The van der Waals surface area contributed by atoms with Crippen LogP contribution >= 0.6 is 0 Å². The SMILES string of the molecule is CCN1CCC2(CCc3cc(C(=N)c4cc(OCc5c(C)cnnc5C)ccc4N)ccc3O2)CC1. The van der Waals surface area contributed by atoms with Crippen LogP contribution in [-0.4, -0.2) is 46.0 Å². The third-order valence-corrected chi connectivity index (χ3v) is 7.79. The maximum absolute atomic E-state index is 8.92. The van der Waals surface area contributed by atoms with E-state index in [4.69, 9.17) is 20.6 Å². The van der Waals surface area contributed by atoms with E-state index in [0.29, 0.717) is 29.3 Å². The van der Waals surface area contributed by atoms with Crippen molar-refractivity contribution in [3.05, 3.63) is 76.1 Å². The lowest BCUT2D eigenvalue weighted by Crippen LogP contribution is -2.49. The Morgan fingerprint density at radius 2 is 1.94 bits per heavy atom. The summed E-state index contributed by atoms with van der Waals surface area (Å²) in [4.78, 5) is 2.49. The number of hydrogen-bond donors (Lipinski definition) is 2. The lowest BCUT2D eigenvalue weighted by Gasteiger charge is -2.44. The Kier molecular flexibility index (Phi) is 6.67. The van der Waals surface area contributed by atoms with E-state index in [1.165, 1.54) is 5.56 Å². The highest BCUT2D eigenvalue weighted by atomic mass is 16.5. The fourth-order valence-electron chi connectivity index (χ4n) is 5.30. The maximum atomic E-state index is 8.92. The predicted octanol–water partition coefficient (Wildman–Crippen LogP) is 4.85. The van der Waals surface area contributed by atoms with Gasteiger partial charge in [-0.3, -0.25) is 5.41 Å². The van der Waals surface area contributed by atoms with Crippen molar-refractivity contribution in [1.82, 2.24) is 15.1 Å². The highest BCUT2D eigenvalue weighted by Gasteiger charge is 2.39. The predicted molar refractivity (Wildman–Crippen MR) is 142 cm³/mol. The first-order valence-corrected chi connectivity index (χ1v) is 12.8. The highest BCUT2D eigenvalue weighted by molar-refractivity contribution is 6.14. The minimum absolute atomic E-state index is 0.0369. The molecule has 7 nitrogen and oxygen atoms in total. The number of nitrogens with two attached hydrogens (primary N) is 1. The molecule has 0 unspecified atom stereocenters. The second-order valence-corrected chi connectivity index (χ2v) is 10.0. The number of aromatic nitrogens is 2. The van der Waals surface area contributed by atoms with E-state index in [2.05, 4.69) is 28.1 Å². The summed E-state index contributed by atoms with van der Waals surface area (Å²) >= 11 is 0. The molecular weight excluding hydrogens is 450 g/mol. The van der Waals surface area contributed by atoms with Gasteiger partial charge in [0.05, 0.1) is 17.6 Å². The number of benzene rings is 2. The van der Waals surface area contributed by atoms with Crippen LogP contribution in [0.25, 0.3) is 0 Å². The van der Waals surface area contributed by atoms with Crippen molar-refractivity contribution in [3.8, 4) is 11.5 Å². The molecule has 0 radical (unpaired) electrons. The number of piperidine rings is 1. The molecule has 1 aromatic heterocycles. The average Bonchev–Trinajstić information content (AvgIpc) is 2.89. The lowest BCUT2D eigenvalue weighted by atomic mass is 9.82. The molecule has 0 amide bonds. The van der Waals surface area contributed by atoms with E-state index in [0.717, 1.165) is 73.5 Å². The molecule has 3 heterocycles. The third kappa shape index (κ3) is 4.80. The Morgan fingerprint density at radius 1 is 1.14 bits per heavy atom. The van der Waals surface area contributed by atoms with Gasteiger partial charge in [-0.05, 0) is 93.6 Å². The van der Waals surface area contributed by atoms with Crippen molar-refractivity contribution >= 4 is 11.4 Å². The summed E-state index contributed by atoms with van der Waals surface area (Å²) in [7, 11) is 0. The zero-order valence-corrected chi connectivity index (χ0v) is 21.4. The smallest absolute Gasteiger partial charge is 0.123 e. The van der Waals surface area contributed by atoms with Crippen LogP contribution in [-0.2, 0) is 13.0 Å². The molecule has 1 fully saturated rings. The van der Waals surface area contributed by atoms with Gasteiger partial charge in [-0.1, -0.05) is 6.92 Å². The van der Waals surface area contributed by atoms with Crippen LogP contribution in [0.4, 0.5) is 5.69 Å². The van der Waals surface area contributed by atoms with Crippen LogP contribution in [0.5, 0.6) is 11.5 Å². The quantitative estimate of drug-likeness (QED) is 0.383. The molecular formula is C29H35N5O2.